The third kappa shape index (κ3) is 19.1. The van der Waals surface area contributed by atoms with Crippen LogP contribution in [0.4, 0.5) is 13.2 Å². The van der Waals surface area contributed by atoms with Gasteiger partial charge in [-0.3, -0.25) is 57.5 Å². The van der Waals surface area contributed by atoms with Crippen molar-refractivity contribution in [3.63, 3.8) is 0 Å². The van der Waals surface area contributed by atoms with Gasteiger partial charge in [-0.1, -0.05) is 79.1 Å². The fourth-order valence-corrected chi connectivity index (χ4v) is 16.8. The van der Waals surface area contributed by atoms with Crippen LogP contribution in [0.1, 0.15) is 196 Å². The fourth-order valence-electron chi connectivity index (χ4n) is 16.3. The number of amides is 12. The Morgan fingerprint density at radius 2 is 1.25 bits per heavy atom. The molecular weight excluding hydrogens is 1320 g/mol. The Kier molecular flexibility index (Phi) is 28.5. The quantitative estimate of drug-likeness (QED) is 0.202. The molecule has 0 radical (unpaired) electrons. The first-order valence-corrected chi connectivity index (χ1v) is 37.3. The van der Waals surface area contributed by atoms with Gasteiger partial charge in [0.1, 0.15) is 59.9 Å². The van der Waals surface area contributed by atoms with Crippen molar-refractivity contribution < 1.29 is 75.8 Å². The van der Waals surface area contributed by atoms with Crippen molar-refractivity contribution in [1.82, 2.24) is 60.0 Å². The maximum atomic E-state index is 15.3. The lowest BCUT2D eigenvalue weighted by atomic mass is 9.78. The molecule has 12 amide bonds. The van der Waals surface area contributed by atoms with E-state index in [9.17, 15) is 56.6 Å². The molecule has 4 saturated heterocycles. The molecule has 0 aromatic carbocycles. The lowest BCUT2D eigenvalue weighted by molar-refractivity contribution is -0.182. The van der Waals surface area contributed by atoms with E-state index < -0.39 is 173 Å². The summed E-state index contributed by atoms with van der Waals surface area (Å²) in [5.41, 5.74) is -1.67. The second-order valence-electron chi connectivity index (χ2n) is 30.5. The number of alkyl halides is 4. The molecule has 7 aliphatic rings. The number of aliphatic hydroxyl groups excluding tert-OH is 1. The molecule has 3 aliphatic carbocycles. The predicted octanol–water partition coefficient (Wildman–Crippen LogP) is 4.82. The molecule has 25 nitrogen and oxygen atoms in total. The van der Waals surface area contributed by atoms with E-state index in [4.69, 9.17) is 11.6 Å². The van der Waals surface area contributed by atoms with E-state index in [1.165, 1.54) is 85.5 Å². The van der Waals surface area contributed by atoms with E-state index >= 15 is 19.2 Å². The minimum Gasteiger partial charge on any atom is -0.391 e. The van der Waals surface area contributed by atoms with Gasteiger partial charge < -0.3 is 65.2 Å². The highest BCUT2D eigenvalue weighted by atomic mass is 35.5. The van der Waals surface area contributed by atoms with Crippen molar-refractivity contribution in [2.24, 2.45) is 29.6 Å². The highest BCUT2D eigenvalue weighted by Crippen LogP contribution is 2.44. The minimum absolute atomic E-state index is 0.0146. The van der Waals surface area contributed by atoms with Gasteiger partial charge in [0.05, 0.1) is 25.0 Å². The maximum absolute atomic E-state index is 15.3. The highest BCUT2D eigenvalue weighted by molar-refractivity contribution is 6.21. The molecule has 0 bridgehead atoms. The number of rotatable bonds is 11. The zero-order chi connectivity index (χ0) is 74.0. The molecule has 29 heteroatoms. The molecule has 4 N–H and O–H groups in total. The van der Waals surface area contributed by atoms with Crippen molar-refractivity contribution >= 4 is 82.5 Å². The van der Waals surface area contributed by atoms with E-state index in [1.807, 2.05) is 20.8 Å². The van der Waals surface area contributed by atoms with Gasteiger partial charge in [-0.05, 0) is 134 Å². The Bertz CT molecular complexity index is 2940. The number of hydrogen-bond donors (Lipinski definition) is 4. The fraction of sp³-hybridized carbons (Fsp3) is 0.831. The summed E-state index contributed by atoms with van der Waals surface area (Å²) in [5.74, 6) is -10.9. The number of carbonyl (C=O) groups is 12. The topological polar surface area (TPSA) is 290 Å². The van der Waals surface area contributed by atoms with E-state index in [-0.39, 0.29) is 101 Å². The number of carbonyl (C=O) groups excluding carboxylic acids is 12. The van der Waals surface area contributed by atoms with Crippen LogP contribution in [-0.2, 0) is 57.5 Å². The first-order valence-electron chi connectivity index (χ1n) is 36.8. The molecule has 1 spiro atoms. The minimum atomic E-state index is -4.52. The van der Waals surface area contributed by atoms with Gasteiger partial charge in [0, 0.05) is 73.8 Å². The van der Waals surface area contributed by atoms with E-state index in [1.54, 1.807) is 11.8 Å². The smallest absolute Gasteiger partial charge is 0.391 e. The lowest BCUT2D eigenvalue weighted by Crippen LogP contribution is -2.66. The van der Waals surface area contributed by atoms with Crippen LogP contribution < -0.4 is 16.0 Å². The molecule has 564 valence electrons. The molecule has 4 aliphatic heterocycles. The van der Waals surface area contributed by atoms with E-state index in [0.29, 0.717) is 51.6 Å². The van der Waals surface area contributed by atoms with Crippen LogP contribution >= 0.6 is 11.6 Å². The SMILES string of the molecule is CC[C@H](C)[C@@H]1NC(=O)[C@H](CC(C)C)N(C)C(=O)C[C@@H](C(=O)N2CCCCC2)N(C)C(=O)[C@H]([C@@H](C)O)N(C)C(=O)C2(CCCC2)NC(=O)[C@@H]2CCCN2C(=O)[C@H](CCC2CCC(C(F)(F)F)C(Cl)C2)NC(=O)CN(C)C(=O)[C@H](CC2CCCCC2)N(C)C(=O)[C@@H]2CCN2C(=O)[C@H](C)N(C)C1=O. The second-order valence-corrected chi connectivity index (χ2v) is 31.1. The Morgan fingerprint density at radius 1 is 0.620 bits per heavy atom. The van der Waals surface area contributed by atoms with Crippen LogP contribution in [0.2, 0.25) is 0 Å². The van der Waals surface area contributed by atoms with Crippen LogP contribution in [0.15, 0.2) is 0 Å². The average molecular weight is 1440 g/mol. The summed E-state index contributed by atoms with van der Waals surface area (Å²) >= 11 is 6.39. The summed E-state index contributed by atoms with van der Waals surface area (Å²) in [6, 6.07) is -11.5. The first-order chi connectivity index (χ1) is 47.0. The number of nitrogens with one attached hydrogen (secondary N) is 3. The molecule has 7 rings (SSSR count). The van der Waals surface area contributed by atoms with Crippen molar-refractivity contribution in [3.8, 4) is 0 Å². The van der Waals surface area contributed by atoms with Crippen molar-refractivity contribution in [2.45, 2.75) is 273 Å². The summed E-state index contributed by atoms with van der Waals surface area (Å²) in [6.07, 6.45) is 2.22. The van der Waals surface area contributed by atoms with Gasteiger partial charge in [0.2, 0.25) is 70.9 Å². The number of halogens is 4. The zero-order valence-electron chi connectivity index (χ0n) is 61.1. The molecule has 4 heterocycles. The molecular formula is C71H114ClF3N12O13. The summed E-state index contributed by atoms with van der Waals surface area (Å²) < 4.78 is 42.0. The number of hydrogen-bond acceptors (Lipinski definition) is 13. The van der Waals surface area contributed by atoms with Gasteiger partial charge in [0.25, 0.3) is 0 Å². The molecule has 3 unspecified atom stereocenters. The number of nitrogens with zero attached hydrogens (tertiary/aromatic N) is 9. The normalized spacial score (nSPS) is 31.3. The number of piperidine rings is 1. The zero-order valence-corrected chi connectivity index (χ0v) is 61.9. The predicted molar refractivity (Wildman–Crippen MR) is 367 cm³/mol. The second kappa shape index (κ2) is 35.2. The largest absolute Gasteiger partial charge is 0.393 e. The Balaban J connectivity index is 1.27. The molecule has 0 aromatic heterocycles. The summed E-state index contributed by atoms with van der Waals surface area (Å²) in [7, 11) is 8.33. The number of likely N-dealkylation sites (tertiary alicyclic amines) is 1. The van der Waals surface area contributed by atoms with Crippen molar-refractivity contribution in [1.29, 1.82) is 0 Å². The van der Waals surface area contributed by atoms with Gasteiger partial charge in [-0.15, -0.1) is 11.6 Å². The third-order valence-corrected chi connectivity index (χ3v) is 23.6. The summed E-state index contributed by atoms with van der Waals surface area (Å²) in [4.78, 5) is 191. The standard InChI is InChI=1S/C71H114ClF3N12O13/c1-13-43(4)58-67(98)80(8)44(5)62(93)87-36-30-52(87)65(96)82(10)54(39-46-23-16-14-17-24-46)64(95)79(7)41-56(89)76-50(29-27-47-26-28-48(49(72)38-47)71(73,74)75)63(94)86-35-22-25-51(86)61(92)78-70(31-18-19-32-70)69(100)84(12)59(45(6)88)68(99)83(11)55(66(97)85-33-20-15-21-34-85)40-57(90)81(9)53(37-42(2)3)60(91)77-58/h42-55,58-59,88H,13-41H2,1-12H3,(H,76,89)(H,77,91)(H,78,92)/t43-,44-,45+,47?,48?,49?,50-,51-,52-,53-,54-,55-,58-,59-/m0/s1. The summed E-state index contributed by atoms with van der Waals surface area (Å²) in [6.45, 7) is 10.3. The molecule has 3 saturated carbocycles. The Labute approximate surface area is 593 Å². The van der Waals surface area contributed by atoms with Gasteiger partial charge >= 0.3 is 6.18 Å². The highest BCUT2D eigenvalue weighted by Gasteiger charge is 2.53. The Morgan fingerprint density at radius 3 is 1.83 bits per heavy atom. The monoisotopic (exact) mass is 1430 g/mol. The van der Waals surface area contributed by atoms with E-state index in [0.717, 1.165) is 48.3 Å². The van der Waals surface area contributed by atoms with Gasteiger partial charge in [-0.2, -0.15) is 13.2 Å². The van der Waals surface area contributed by atoms with E-state index in [2.05, 4.69) is 16.0 Å². The number of fused-ring (bicyclic) bond motifs is 2. The Hall–Kier alpha value is -6.32. The van der Waals surface area contributed by atoms with Crippen LogP contribution in [0.25, 0.3) is 0 Å². The number of likely N-dealkylation sites (N-methyl/N-ethyl adjacent to an activating group) is 6. The molecule has 14 atom stereocenters. The van der Waals surface area contributed by atoms with Crippen LogP contribution in [0.3, 0.4) is 0 Å². The van der Waals surface area contributed by atoms with Crippen molar-refractivity contribution in [2.75, 3.05) is 75.0 Å². The molecule has 0 aromatic rings. The first kappa shape index (κ1) is 81.0. The molecule has 7 fully saturated rings. The van der Waals surface area contributed by atoms with Crippen LogP contribution in [0.5, 0.6) is 0 Å². The third-order valence-electron chi connectivity index (χ3n) is 23.1. The number of aliphatic hydroxyl groups is 1. The van der Waals surface area contributed by atoms with Crippen molar-refractivity contribution in [3.05, 3.63) is 0 Å². The van der Waals surface area contributed by atoms with Gasteiger partial charge in [0.15, 0.2) is 0 Å². The average Bonchev–Trinajstić information content (AvgIpc) is 1.14. The molecule has 100 heavy (non-hydrogen) atoms. The van der Waals surface area contributed by atoms with Crippen LogP contribution in [0, 0.1) is 29.6 Å². The van der Waals surface area contributed by atoms with Gasteiger partial charge in [-0.25, -0.2) is 0 Å². The lowest BCUT2D eigenvalue weighted by Gasteiger charge is -2.45. The summed E-state index contributed by atoms with van der Waals surface area (Å²) in [5, 5.41) is 19.1. The maximum Gasteiger partial charge on any atom is 0.393 e. The van der Waals surface area contributed by atoms with Crippen LogP contribution in [-0.4, -0.2) is 273 Å².